The van der Waals surface area contributed by atoms with Crippen molar-refractivity contribution in [3.05, 3.63) is 47.2 Å². The van der Waals surface area contributed by atoms with E-state index in [9.17, 15) is 14.7 Å². The molecule has 0 aliphatic rings. The Morgan fingerprint density at radius 3 is 2.24 bits per heavy atom. The van der Waals surface area contributed by atoms with Crippen LogP contribution in [0.4, 0.5) is 0 Å². The van der Waals surface area contributed by atoms with Crippen LogP contribution in [-0.4, -0.2) is 16.7 Å². The molecule has 1 aromatic rings. The highest BCUT2D eigenvalue weighted by Gasteiger charge is 2.10. The summed E-state index contributed by atoms with van der Waals surface area (Å²) in [6, 6.07) is 8.78. The summed E-state index contributed by atoms with van der Waals surface area (Å²) in [5.74, 6) is -0.407. The fraction of sp³-hybridized carbons (Fsp3) is 0.231. The molecule has 0 bridgehead atoms. The van der Waals surface area contributed by atoms with Gasteiger partial charge in [-0.05, 0) is 12.5 Å². The molecule has 0 unspecified atom stereocenters. The highest BCUT2D eigenvalue weighted by molar-refractivity contribution is 8.14. The van der Waals surface area contributed by atoms with E-state index in [1.807, 2.05) is 6.07 Å². The first-order valence-corrected chi connectivity index (χ1v) is 6.11. The van der Waals surface area contributed by atoms with Gasteiger partial charge in [0, 0.05) is 11.3 Å². The first kappa shape index (κ1) is 13.5. The van der Waals surface area contributed by atoms with Crippen LogP contribution in [0, 0.1) is 0 Å². The van der Waals surface area contributed by atoms with E-state index in [1.165, 1.54) is 13.8 Å². The molecule has 1 rings (SSSR count). The zero-order valence-corrected chi connectivity index (χ0v) is 10.5. The molecule has 17 heavy (non-hydrogen) atoms. The van der Waals surface area contributed by atoms with Crippen LogP contribution in [-0.2, 0) is 4.79 Å². The van der Waals surface area contributed by atoms with Gasteiger partial charge in [-0.1, -0.05) is 49.0 Å². The fourth-order valence-corrected chi connectivity index (χ4v) is 2.23. The molecule has 0 aliphatic heterocycles. The Bertz CT molecular complexity index is 445. The Morgan fingerprint density at radius 1 is 1.18 bits per heavy atom. The average molecular weight is 249 g/mol. The van der Waals surface area contributed by atoms with Crippen molar-refractivity contribution in [1.82, 2.24) is 0 Å². The van der Waals surface area contributed by atoms with Crippen LogP contribution in [0.25, 0.3) is 0 Å². The maximum absolute atomic E-state index is 11.7. The average Bonchev–Trinajstić information content (AvgIpc) is 2.29. The van der Waals surface area contributed by atoms with Crippen LogP contribution >= 0.6 is 11.8 Å². The quantitative estimate of drug-likeness (QED) is 0.603. The van der Waals surface area contributed by atoms with Gasteiger partial charge in [0.25, 0.3) is 0 Å². The minimum Gasteiger partial charge on any atom is -0.875 e. The zero-order valence-electron chi connectivity index (χ0n) is 9.73. The summed E-state index contributed by atoms with van der Waals surface area (Å²) >= 11 is 0.977. The van der Waals surface area contributed by atoms with E-state index in [2.05, 4.69) is 0 Å². The minimum absolute atomic E-state index is 0.134. The first-order valence-electron chi connectivity index (χ1n) is 5.12. The molecule has 0 atom stereocenters. The number of carbonyl (C=O) groups excluding carboxylic acids is 2. The van der Waals surface area contributed by atoms with Crippen molar-refractivity contribution in [3.8, 4) is 0 Å². The minimum atomic E-state index is -0.272. The van der Waals surface area contributed by atoms with Gasteiger partial charge < -0.3 is 5.11 Å². The lowest BCUT2D eigenvalue weighted by molar-refractivity contribution is -0.303. The number of thioether (sulfide) groups is 1. The lowest BCUT2D eigenvalue weighted by Gasteiger charge is -2.12. The molecular formula is C13H13O3S-. The van der Waals surface area contributed by atoms with Crippen molar-refractivity contribution >= 4 is 22.7 Å². The summed E-state index contributed by atoms with van der Waals surface area (Å²) in [4.78, 5) is 22.9. The maximum atomic E-state index is 11.7. The van der Waals surface area contributed by atoms with E-state index in [-0.39, 0.29) is 28.0 Å². The lowest BCUT2D eigenvalue weighted by Crippen LogP contribution is -2.12. The van der Waals surface area contributed by atoms with E-state index in [0.717, 1.165) is 11.8 Å². The molecule has 0 N–H and O–H groups in total. The molecule has 0 fully saturated rings. The monoisotopic (exact) mass is 249 g/mol. The highest BCUT2D eigenvalue weighted by Crippen LogP contribution is 2.16. The predicted octanol–water partition coefficient (Wildman–Crippen LogP) is 1.78. The number of ketones is 1. The molecule has 3 nitrogen and oxygen atoms in total. The van der Waals surface area contributed by atoms with Crippen molar-refractivity contribution in [2.75, 3.05) is 5.75 Å². The number of allylic oxidation sites excluding steroid dienone is 1. The molecule has 1 aromatic carbocycles. The van der Waals surface area contributed by atoms with Crippen LogP contribution in [0.15, 0.2) is 41.7 Å². The topological polar surface area (TPSA) is 57.2 Å². The Kier molecular flexibility index (Phi) is 4.97. The van der Waals surface area contributed by atoms with Crippen LogP contribution in [0.2, 0.25) is 0 Å². The Hall–Kier alpha value is -1.55. The second-order valence-corrected chi connectivity index (χ2v) is 4.48. The number of carbonyl (C=O) groups is 2. The third-order valence-electron chi connectivity index (χ3n) is 2.21. The summed E-state index contributed by atoms with van der Waals surface area (Å²) in [5.41, 5.74) is 0.753. The number of hydrogen-bond acceptors (Lipinski definition) is 4. The van der Waals surface area contributed by atoms with E-state index >= 15 is 0 Å². The SMILES string of the molecule is CC(=O)/C(CSC(=O)c1ccccc1)=C(/C)[O-]. The standard InChI is InChI=1S/C13H14O3S/c1-9(14)12(10(2)15)8-17-13(16)11-6-4-3-5-7-11/h3-7,14H,8H2,1-2H3/p-1/b12-9-. The van der Waals surface area contributed by atoms with Crippen LogP contribution in [0.3, 0.4) is 0 Å². The summed E-state index contributed by atoms with van der Waals surface area (Å²) < 4.78 is 0. The van der Waals surface area contributed by atoms with Gasteiger partial charge in [0.15, 0.2) is 5.78 Å². The van der Waals surface area contributed by atoms with Crippen LogP contribution < -0.4 is 5.11 Å². The smallest absolute Gasteiger partial charge is 0.219 e. The highest BCUT2D eigenvalue weighted by atomic mass is 32.2. The molecule has 0 heterocycles. The maximum Gasteiger partial charge on any atom is 0.219 e. The molecule has 0 aliphatic carbocycles. The largest absolute Gasteiger partial charge is 0.875 e. The molecule has 0 spiro atoms. The third-order valence-corrected chi connectivity index (χ3v) is 3.14. The number of benzene rings is 1. The van der Waals surface area contributed by atoms with E-state index in [1.54, 1.807) is 24.3 Å². The predicted molar refractivity (Wildman–Crippen MR) is 66.6 cm³/mol. The van der Waals surface area contributed by atoms with Crippen molar-refractivity contribution in [1.29, 1.82) is 0 Å². The van der Waals surface area contributed by atoms with Gasteiger partial charge in [-0.25, -0.2) is 0 Å². The summed E-state index contributed by atoms with van der Waals surface area (Å²) in [5, 5.41) is 11.0. The number of hydrogen-bond donors (Lipinski definition) is 0. The normalized spacial score (nSPS) is 11.9. The van der Waals surface area contributed by atoms with E-state index in [0.29, 0.717) is 5.56 Å². The molecule has 0 radical (unpaired) electrons. The molecule has 0 amide bonds. The van der Waals surface area contributed by atoms with E-state index in [4.69, 9.17) is 0 Å². The summed E-state index contributed by atoms with van der Waals surface area (Å²) in [6.45, 7) is 2.68. The van der Waals surface area contributed by atoms with Gasteiger partial charge in [-0.2, -0.15) is 0 Å². The van der Waals surface area contributed by atoms with Gasteiger partial charge in [0.1, 0.15) is 0 Å². The first-order chi connectivity index (χ1) is 8.02. The van der Waals surface area contributed by atoms with Gasteiger partial charge >= 0.3 is 0 Å². The molecule has 4 heteroatoms. The number of rotatable bonds is 4. The van der Waals surface area contributed by atoms with E-state index < -0.39 is 0 Å². The molecule has 90 valence electrons. The van der Waals surface area contributed by atoms with Crippen LogP contribution in [0.1, 0.15) is 24.2 Å². The lowest BCUT2D eigenvalue weighted by atomic mass is 10.2. The van der Waals surface area contributed by atoms with Gasteiger partial charge in [0.05, 0.1) is 0 Å². The summed E-state index contributed by atoms with van der Waals surface area (Å²) in [7, 11) is 0. The zero-order chi connectivity index (χ0) is 12.8. The third kappa shape index (κ3) is 4.07. The number of Topliss-reactive ketones (excluding diaryl/α,β-unsaturated/α-hetero) is 1. The Morgan fingerprint density at radius 2 is 1.76 bits per heavy atom. The molecule has 0 saturated heterocycles. The Labute approximate surface area is 105 Å². The second kappa shape index (κ2) is 6.25. The van der Waals surface area contributed by atoms with Crippen molar-refractivity contribution in [2.24, 2.45) is 0 Å². The second-order valence-electron chi connectivity index (χ2n) is 3.53. The van der Waals surface area contributed by atoms with Crippen molar-refractivity contribution in [2.45, 2.75) is 13.8 Å². The van der Waals surface area contributed by atoms with Gasteiger partial charge in [-0.15, -0.1) is 5.76 Å². The van der Waals surface area contributed by atoms with Crippen molar-refractivity contribution in [3.63, 3.8) is 0 Å². The fourth-order valence-electron chi connectivity index (χ4n) is 1.25. The molecule has 0 aromatic heterocycles. The van der Waals surface area contributed by atoms with Crippen LogP contribution in [0.5, 0.6) is 0 Å². The molecular weight excluding hydrogens is 236 g/mol. The van der Waals surface area contributed by atoms with Gasteiger partial charge in [-0.3, -0.25) is 9.59 Å². The van der Waals surface area contributed by atoms with Gasteiger partial charge in [0.2, 0.25) is 5.12 Å². The Balaban J connectivity index is 2.66. The summed E-state index contributed by atoms with van der Waals surface area (Å²) in [6.07, 6.45) is 0. The van der Waals surface area contributed by atoms with Crippen molar-refractivity contribution < 1.29 is 14.7 Å². The molecule has 0 saturated carbocycles.